The Balaban J connectivity index is 2.08. The van der Waals surface area contributed by atoms with Gasteiger partial charge >= 0.3 is 0 Å². The largest absolute Gasteiger partial charge is 0.487 e. The van der Waals surface area contributed by atoms with Crippen molar-refractivity contribution in [2.45, 2.75) is 6.61 Å². The molecule has 0 bridgehead atoms. The molecule has 2 aromatic rings. The van der Waals surface area contributed by atoms with E-state index in [9.17, 15) is 0 Å². The van der Waals surface area contributed by atoms with Gasteiger partial charge in [0.2, 0.25) is 0 Å². The molecule has 0 amide bonds. The fourth-order valence-corrected chi connectivity index (χ4v) is 2.23. The number of nitriles is 1. The van der Waals surface area contributed by atoms with Crippen molar-refractivity contribution < 1.29 is 4.74 Å². The maximum atomic E-state index is 8.49. The molecule has 5 heteroatoms. The fraction of sp³-hybridized carbons (Fsp3) is 0.0625. The second kappa shape index (κ2) is 7.38. The van der Waals surface area contributed by atoms with Crippen LogP contribution in [-0.2, 0) is 6.61 Å². The van der Waals surface area contributed by atoms with Crippen LogP contribution in [0.15, 0.2) is 42.5 Å². The molecule has 21 heavy (non-hydrogen) atoms. The summed E-state index contributed by atoms with van der Waals surface area (Å²) in [6.07, 6.45) is 3.07. The van der Waals surface area contributed by atoms with Crippen LogP contribution < -0.4 is 4.74 Å². The van der Waals surface area contributed by atoms with Crippen LogP contribution in [0.25, 0.3) is 6.08 Å². The van der Waals surface area contributed by atoms with E-state index in [1.807, 2.05) is 18.2 Å². The van der Waals surface area contributed by atoms with Crippen molar-refractivity contribution >= 4 is 40.9 Å². The molecule has 0 aliphatic rings. The second-order valence-electron chi connectivity index (χ2n) is 4.19. The summed E-state index contributed by atoms with van der Waals surface area (Å²) >= 11 is 17.9. The van der Waals surface area contributed by atoms with E-state index < -0.39 is 0 Å². The van der Waals surface area contributed by atoms with Crippen LogP contribution >= 0.6 is 34.8 Å². The zero-order valence-electron chi connectivity index (χ0n) is 10.8. The van der Waals surface area contributed by atoms with Gasteiger partial charge in [-0.2, -0.15) is 5.26 Å². The number of halogens is 3. The quantitative estimate of drug-likeness (QED) is 0.664. The van der Waals surface area contributed by atoms with Crippen molar-refractivity contribution in [3.05, 3.63) is 68.7 Å². The standard InChI is InChI=1S/C16H10Cl3NO/c17-13-5-3-12(9-14(13)18)10-21-16-6-4-11(2-1-7-20)8-15(16)19/h1-6,8-9H,10H2. The Hall–Kier alpha value is -1.66. The lowest BCUT2D eigenvalue weighted by Gasteiger charge is -2.09. The van der Waals surface area contributed by atoms with E-state index in [0.29, 0.717) is 27.4 Å². The van der Waals surface area contributed by atoms with E-state index in [2.05, 4.69) is 0 Å². The van der Waals surface area contributed by atoms with Gasteiger partial charge in [-0.15, -0.1) is 0 Å². The number of hydrogen-bond donors (Lipinski definition) is 0. The van der Waals surface area contributed by atoms with Crippen LogP contribution in [0, 0.1) is 11.3 Å². The normalized spacial score (nSPS) is 10.6. The van der Waals surface area contributed by atoms with E-state index in [0.717, 1.165) is 11.1 Å². The smallest absolute Gasteiger partial charge is 0.138 e. The molecule has 0 spiro atoms. The third kappa shape index (κ3) is 4.41. The molecule has 0 atom stereocenters. The lowest BCUT2D eigenvalue weighted by atomic mass is 10.2. The fourth-order valence-electron chi connectivity index (χ4n) is 1.66. The average Bonchev–Trinajstić information content (AvgIpc) is 2.47. The third-order valence-electron chi connectivity index (χ3n) is 2.68. The van der Waals surface area contributed by atoms with Gasteiger partial charge in [-0.1, -0.05) is 46.9 Å². The summed E-state index contributed by atoms with van der Waals surface area (Å²) in [5.41, 5.74) is 1.73. The van der Waals surface area contributed by atoms with Crippen LogP contribution in [0.4, 0.5) is 0 Å². The van der Waals surface area contributed by atoms with Crippen LogP contribution in [0.2, 0.25) is 15.1 Å². The first-order valence-corrected chi connectivity index (χ1v) is 7.16. The Morgan fingerprint density at radius 2 is 1.81 bits per heavy atom. The molecule has 0 aliphatic heterocycles. The van der Waals surface area contributed by atoms with Gasteiger partial charge in [0.25, 0.3) is 0 Å². The van der Waals surface area contributed by atoms with Crippen molar-refractivity contribution in [3.8, 4) is 11.8 Å². The molecule has 0 saturated carbocycles. The van der Waals surface area contributed by atoms with Crippen LogP contribution in [0.3, 0.4) is 0 Å². The summed E-state index contributed by atoms with van der Waals surface area (Å²) in [6, 6.07) is 12.6. The van der Waals surface area contributed by atoms with Gasteiger partial charge in [-0.05, 0) is 41.5 Å². The zero-order chi connectivity index (χ0) is 15.2. The first-order valence-electron chi connectivity index (χ1n) is 6.02. The highest BCUT2D eigenvalue weighted by molar-refractivity contribution is 6.42. The Bertz CT molecular complexity index is 720. The lowest BCUT2D eigenvalue weighted by Crippen LogP contribution is -1.96. The summed E-state index contributed by atoms with van der Waals surface area (Å²) in [7, 11) is 0. The number of allylic oxidation sites excluding steroid dienone is 1. The Morgan fingerprint density at radius 1 is 1.00 bits per heavy atom. The first kappa shape index (κ1) is 15.7. The van der Waals surface area contributed by atoms with E-state index in [1.54, 1.807) is 30.3 Å². The lowest BCUT2D eigenvalue weighted by molar-refractivity contribution is 0.306. The third-order valence-corrected chi connectivity index (χ3v) is 3.72. The van der Waals surface area contributed by atoms with Gasteiger partial charge < -0.3 is 4.74 Å². The average molecular weight is 339 g/mol. The highest BCUT2D eigenvalue weighted by atomic mass is 35.5. The topological polar surface area (TPSA) is 33.0 Å². The molecular weight excluding hydrogens is 329 g/mol. The predicted molar refractivity (Wildman–Crippen MR) is 86.9 cm³/mol. The van der Waals surface area contributed by atoms with Gasteiger partial charge in [-0.25, -0.2) is 0 Å². The first-order chi connectivity index (χ1) is 10.1. The van der Waals surface area contributed by atoms with E-state index >= 15 is 0 Å². The molecule has 0 N–H and O–H groups in total. The van der Waals surface area contributed by atoms with Gasteiger partial charge in [-0.3, -0.25) is 0 Å². The molecule has 106 valence electrons. The number of nitrogens with zero attached hydrogens (tertiary/aromatic N) is 1. The van der Waals surface area contributed by atoms with E-state index in [1.165, 1.54) is 6.08 Å². The molecule has 0 saturated heterocycles. The molecule has 0 unspecified atom stereocenters. The summed E-state index contributed by atoms with van der Waals surface area (Å²) in [5, 5.41) is 9.96. The molecule has 0 heterocycles. The SMILES string of the molecule is N#CC=Cc1ccc(OCc2ccc(Cl)c(Cl)c2)c(Cl)c1. The van der Waals surface area contributed by atoms with Gasteiger partial charge in [0, 0.05) is 6.08 Å². The molecule has 0 fully saturated rings. The van der Waals surface area contributed by atoms with E-state index in [4.69, 9.17) is 44.8 Å². The zero-order valence-corrected chi connectivity index (χ0v) is 13.1. The minimum atomic E-state index is 0.337. The minimum Gasteiger partial charge on any atom is -0.487 e. The molecule has 0 aliphatic carbocycles. The van der Waals surface area contributed by atoms with E-state index in [-0.39, 0.29) is 0 Å². The highest BCUT2D eigenvalue weighted by Crippen LogP contribution is 2.28. The summed E-state index contributed by atoms with van der Waals surface area (Å²) in [5.74, 6) is 0.567. The van der Waals surface area contributed by atoms with Crippen molar-refractivity contribution in [2.75, 3.05) is 0 Å². The van der Waals surface area contributed by atoms with Crippen molar-refractivity contribution in [2.24, 2.45) is 0 Å². The number of ether oxygens (including phenoxy) is 1. The van der Waals surface area contributed by atoms with Crippen molar-refractivity contribution in [3.63, 3.8) is 0 Å². The second-order valence-corrected chi connectivity index (χ2v) is 5.41. The number of rotatable bonds is 4. The number of benzene rings is 2. The molecular formula is C16H10Cl3NO. The summed E-state index contributed by atoms with van der Waals surface area (Å²) in [4.78, 5) is 0. The van der Waals surface area contributed by atoms with Gasteiger partial charge in [0.15, 0.2) is 0 Å². The maximum absolute atomic E-state index is 8.49. The van der Waals surface area contributed by atoms with Crippen molar-refractivity contribution in [1.82, 2.24) is 0 Å². The Labute approximate surface area is 138 Å². The predicted octanol–water partition coefficient (Wildman–Crippen LogP) is 5.76. The van der Waals surface area contributed by atoms with Crippen LogP contribution in [-0.4, -0.2) is 0 Å². The Morgan fingerprint density at radius 3 is 2.48 bits per heavy atom. The summed E-state index contributed by atoms with van der Waals surface area (Å²) < 4.78 is 5.65. The number of hydrogen-bond acceptors (Lipinski definition) is 2. The molecule has 2 rings (SSSR count). The maximum Gasteiger partial charge on any atom is 0.138 e. The van der Waals surface area contributed by atoms with Crippen LogP contribution in [0.1, 0.15) is 11.1 Å². The highest BCUT2D eigenvalue weighted by Gasteiger charge is 2.04. The van der Waals surface area contributed by atoms with Crippen LogP contribution in [0.5, 0.6) is 5.75 Å². The Kier molecular flexibility index (Phi) is 5.52. The molecule has 0 radical (unpaired) electrons. The van der Waals surface area contributed by atoms with Crippen molar-refractivity contribution in [1.29, 1.82) is 5.26 Å². The minimum absolute atomic E-state index is 0.337. The van der Waals surface area contributed by atoms with Gasteiger partial charge in [0.1, 0.15) is 12.4 Å². The summed E-state index contributed by atoms with van der Waals surface area (Å²) in [6.45, 7) is 0.337. The monoisotopic (exact) mass is 337 g/mol. The van der Waals surface area contributed by atoms with Gasteiger partial charge in [0.05, 0.1) is 21.1 Å². The molecule has 2 aromatic carbocycles. The molecule has 0 aromatic heterocycles. The molecule has 2 nitrogen and oxygen atoms in total.